The van der Waals surface area contributed by atoms with Crippen LogP contribution in [0.5, 0.6) is 5.75 Å². The molecule has 0 bridgehead atoms. The quantitative estimate of drug-likeness (QED) is 0.286. The van der Waals surface area contributed by atoms with E-state index in [-0.39, 0.29) is 5.91 Å². The van der Waals surface area contributed by atoms with Crippen molar-refractivity contribution in [1.29, 1.82) is 0 Å². The molecule has 0 aliphatic heterocycles. The number of benzene rings is 1. The van der Waals surface area contributed by atoms with E-state index < -0.39 is 18.4 Å². The van der Waals surface area contributed by atoms with Gasteiger partial charge in [-0.3, -0.25) is 0 Å². The third-order valence-corrected chi connectivity index (χ3v) is 20.8. The molecule has 0 unspecified atom stereocenters. The Balaban J connectivity index is 2.98. The van der Waals surface area contributed by atoms with Gasteiger partial charge in [0.05, 0.1) is 0 Å². The van der Waals surface area contributed by atoms with E-state index in [0.29, 0.717) is 0 Å². The van der Waals surface area contributed by atoms with Gasteiger partial charge >= 0.3 is 172 Å². The van der Waals surface area contributed by atoms with Crippen molar-refractivity contribution in [2.24, 2.45) is 0 Å². The third kappa shape index (κ3) is 8.89. The molecule has 0 spiro atoms. The van der Waals surface area contributed by atoms with Gasteiger partial charge in [-0.15, -0.1) is 0 Å². The summed E-state index contributed by atoms with van der Waals surface area (Å²) in [6, 6.07) is 8.18. The van der Waals surface area contributed by atoms with E-state index in [1.54, 1.807) is 14.0 Å². The van der Waals surface area contributed by atoms with Crippen LogP contribution < -0.4 is 4.74 Å². The van der Waals surface area contributed by atoms with Gasteiger partial charge < -0.3 is 0 Å². The van der Waals surface area contributed by atoms with Crippen molar-refractivity contribution in [3.63, 3.8) is 0 Å². The van der Waals surface area contributed by atoms with Crippen LogP contribution in [0, 0.1) is 0 Å². The summed E-state index contributed by atoms with van der Waals surface area (Å²) in [6.07, 6.45) is 7.85. The summed E-state index contributed by atoms with van der Waals surface area (Å²) < 4.78 is 10.7. The van der Waals surface area contributed by atoms with Crippen LogP contribution in [0.15, 0.2) is 24.3 Å². The third-order valence-electron chi connectivity index (χ3n) is 5.69. The Labute approximate surface area is 171 Å². The number of carbonyl (C=O) groups excluding carboxylic acids is 1. The van der Waals surface area contributed by atoms with Crippen LogP contribution in [-0.4, -0.2) is 40.9 Å². The van der Waals surface area contributed by atoms with Crippen molar-refractivity contribution in [2.45, 2.75) is 86.1 Å². The van der Waals surface area contributed by atoms with Crippen molar-refractivity contribution in [3.05, 3.63) is 29.8 Å². The molecule has 0 N–H and O–H groups in total. The molecular weight excluding hydrogens is 441 g/mol. The normalized spacial score (nSPS) is 11.4. The molecule has 0 saturated heterocycles. The van der Waals surface area contributed by atoms with Crippen LogP contribution in [0.3, 0.4) is 0 Å². The van der Waals surface area contributed by atoms with E-state index in [9.17, 15) is 4.79 Å². The summed E-state index contributed by atoms with van der Waals surface area (Å²) in [7, 11) is 1.69. The number of methoxy groups -OCH3 is 1. The molecule has 1 rings (SSSR count). The Kier molecular flexibility index (Phi) is 12.1. The number of rotatable bonds is 14. The van der Waals surface area contributed by atoms with Crippen molar-refractivity contribution >= 4 is 24.3 Å². The summed E-state index contributed by atoms with van der Waals surface area (Å²) in [4.78, 5) is 14.7. The van der Waals surface area contributed by atoms with E-state index in [1.807, 2.05) is 12.1 Å². The number of carbonyl (C=O) groups is 1. The molecule has 0 aliphatic rings. The first-order valence-electron chi connectivity index (χ1n) is 10.9. The maximum absolute atomic E-state index is 12.5. The van der Waals surface area contributed by atoms with Crippen molar-refractivity contribution in [1.82, 2.24) is 4.90 Å². The van der Waals surface area contributed by atoms with Gasteiger partial charge in [0.25, 0.3) is 0 Å². The molecule has 27 heavy (non-hydrogen) atoms. The number of ether oxygens (including phenoxy) is 1. The van der Waals surface area contributed by atoms with E-state index in [4.69, 9.17) is 4.74 Å². The van der Waals surface area contributed by atoms with E-state index in [2.05, 4.69) is 37.8 Å². The summed E-state index contributed by atoms with van der Waals surface area (Å²) in [5, 5.41) is 0. The van der Waals surface area contributed by atoms with E-state index in [1.165, 1.54) is 57.4 Å². The molecule has 1 aromatic carbocycles. The number of nitrogens with zero attached hydrogens (tertiary/aromatic N) is 1. The van der Waals surface area contributed by atoms with Gasteiger partial charge in [-0.1, -0.05) is 0 Å². The second-order valence-corrected chi connectivity index (χ2v) is 21.8. The average Bonchev–Trinajstić information content (AvgIpc) is 2.68. The standard InChI is InChI=1S/C11H14NO2.3C4H9.Sn/c1-9(13)12(2)8-10-4-6-11(14-3)7-5-10;3*1-3-4-2;/h4-7H,2,8H2,1,3H3;3*1,3-4H2,2H3;. The Hall–Kier alpha value is -0.711. The fourth-order valence-electron chi connectivity index (χ4n) is 3.90. The average molecular weight is 482 g/mol. The first-order valence-corrected chi connectivity index (χ1v) is 19.0. The van der Waals surface area contributed by atoms with Crippen molar-refractivity contribution < 1.29 is 9.53 Å². The SMILES string of the molecule is CCC[CH2][Sn]([CH2]CCC)([CH2]CCC)[CH2]N(Cc1ccc(OC)cc1)C(C)=O. The molecule has 0 aromatic heterocycles. The first kappa shape index (κ1) is 24.3. The van der Waals surface area contributed by atoms with Crippen LogP contribution in [-0.2, 0) is 11.3 Å². The Morgan fingerprint density at radius 1 is 0.926 bits per heavy atom. The molecule has 0 fully saturated rings. The molecule has 0 saturated carbocycles. The molecule has 4 heteroatoms. The first-order chi connectivity index (χ1) is 13.0. The molecule has 3 nitrogen and oxygen atoms in total. The van der Waals surface area contributed by atoms with Gasteiger partial charge in [0, 0.05) is 0 Å². The minimum atomic E-state index is -2.37. The summed E-state index contributed by atoms with van der Waals surface area (Å²) in [5.74, 6) is 1.10. The number of unbranched alkanes of at least 4 members (excludes halogenated alkanes) is 3. The van der Waals surface area contributed by atoms with Crippen LogP contribution in [0.1, 0.15) is 71.8 Å². The predicted molar refractivity (Wildman–Crippen MR) is 119 cm³/mol. The van der Waals surface area contributed by atoms with Crippen molar-refractivity contribution in [2.75, 3.05) is 11.7 Å². The molecule has 0 aliphatic carbocycles. The zero-order chi connectivity index (χ0) is 20.1. The fraction of sp³-hybridized carbons (Fsp3) is 0.696. The van der Waals surface area contributed by atoms with E-state index in [0.717, 1.165) is 16.9 Å². The molecule has 1 aromatic rings. The van der Waals surface area contributed by atoms with Crippen LogP contribution in [0.4, 0.5) is 0 Å². The molecule has 0 atom stereocenters. The Morgan fingerprint density at radius 2 is 1.41 bits per heavy atom. The molecule has 154 valence electrons. The summed E-state index contributed by atoms with van der Waals surface area (Å²) in [5.41, 5.74) is 1.20. The van der Waals surface area contributed by atoms with Gasteiger partial charge in [0.15, 0.2) is 0 Å². The Morgan fingerprint density at radius 3 is 1.78 bits per heavy atom. The molecular formula is C23H41NO2Sn. The zero-order valence-corrected chi connectivity index (χ0v) is 21.2. The number of hydrogen-bond acceptors (Lipinski definition) is 2. The monoisotopic (exact) mass is 483 g/mol. The van der Waals surface area contributed by atoms with Gasteiger partial charge in [0.1, 0.15) is 0 Å². The minimum absolute atomic E-state index is 0.233. The molecule has 0 radical (unpaired) electrons. The van der Waals surface area contributed by atoms with Crippen molar-refractivity contribution in [3.8, 4) is 5.75 Å². The maximum atomic E-state index is 12.5. The fourth-order valence-corrected chi connectivity index (χ4v) is 20.1. The Bertz CT molecular complexity index is 508. The summed E-state index contributed by atoms with van der Waals surface area (Å²) in [6.45, 7) is 9.39. The van der Waals surface area contributed by atoms with Gasteiger partial charge in [-0.25, -0.2) is 0 Å². The van der Waals surface area contributed by atoms with Crippen LogP contribution in [0.2, 0.25) is 13.3 Å². The second kappa shape index (κ2) is 13.5. The molecule has 0 heterocycles. The van der Waals surface area contributed by atoms with Crippen LogP contribution in [0.25, 0.3) is 0 Å². The van der Waals surface area contributed by atoms with Gasteiger partial charge in [-0.2, -0.15) is 0 Å². The van der Waals surface area contributed by atoms with E-state index >= 15 is 0 Å². The summed E-state index contributed by atoms with van der Waals surface area (Å²) >= 11 is -2.37. The second-order valence-electron chi connectivity index (χ2n) is 8.03. The predicted octanol–water partition coefficient (Wildman–Crippen LogP) is 6.43. The van der Waals surface area contributed by atoms with Gasteiger partial charge in [0.2, 0.25) is 0 Å². The number of hydrogen-bond donors (Lipinski definition) is 0. The number of amides is 1. The topological polar surface area (TPSA) is 29.5 Å². The zero-order valence-electron chi connectivity index (χ0n) is 18.4. The van der Waals surface area contributed by atoms with Crippen LogP contribution >= 0.6 is 0 Å². The van der Waals surface area contributed by atoms with Gasteiger partial charge in [-0.05, 0) is 0 Å². The molecule has 1 amide bonds.